The third kappa shape index (κ3) is 4.06. The van der Waals surface area contributed by atoms with Crippen molar-refractivity contribution < 1.29 is 14.7 Å². The third-order valence-electron chi connectivity index (χ3n) is 4.10. The van der Waals surface area contributed by atoms with Crippen LogP contribution in [-0.4, -0.2) is 17.3 Å². The Morgan fingerprint density at radius 3 is 2.52 bits per heavy atom. The normalized spacial score (nSPS) is 29.4. The summed E-state index contributed by atoms with van der Waals surface area (Å²) < 4.78 is 0. The predicted octanol–water partition coefficient (Wildman–Crippen LogP) is 3.72. The van der Waals surface area contributed by atoms with Gasteiger partial charge in [0.2, 0.25) is 0 Å². The predicted molar refractivity (Wildman–Crippen MR) is 82.0 cm³/mol. The Morgan fingerprint density at radius 2 is 1.95 bits per heavy atom. The van der Waals surface area contributed by atoms with Gasteiger partial charge in [0.15, 0.2) is 0 Å². The summed E-state index contributed by atoms with van der Waals surface area (Å²) in [5.74, 6) is -0.0104. The van der Waals surface area contributed by atoms with Gasteiger partial charge in [-0.15, -0.1) is 0 Å². The smallest absolute Gasteiger partial charge is 0.315 e. The number of aliphatic carboxylic acids is 1. The van der Waals surface area contributed by atoms with Crippen LogP contribution >= 0.6 is 0 Å². The lowest BCUT2D eigenvalue weighted by atomic mass is 9.67. The van der Waals surface area contributed by atoms with E-state index in [1.54, 1.807) is 0 Å². The molecule has 1 fully saturated rings. The van der Waals surface area contributed by atoms with Gasteiger partial charge in [-0.05, 0) is 36.7 Å². The molecule has 1 aromatic rings. The van der Waals surface area contributed by atoms with Crippen molar-refractivity contribution in [2.24, 2.45) is 22.4 Å². The van der Waals surface area contributed by atoms with E-state index in [0.29, 0.717) is 31.3 Å². The van der Waals surface area contributed by atoms with Crippen LogP contribution in [0.25, 0.3) is 0 Å². The number of hydrogen-bond acceptors (Lipinski definition) is 3. The Hall–Kier alpha value is -1.84. The zero-order valence-corrected chi connectivity index (χ0v) is 12.7. The molecule has 114 valence electrons. The van der Waals surface area contributed by atoms with Gasteiger partial charge in [0.1, 0.15) is 12.0 Å². The van der Waals surface area contributed by atoms with Crippen LogP contribution < -0.4 is 0 Å². The number of hydrogen-bond donors (Lipinski definition) is 1. The molecule has 2 rings (SSSR count). The molecule has 1 aliphatic rings. The molecular weight excluding hydrogens is 266 g/mol. The third-order valence-corrected chi connectivity index (χ3v) is 4.10. The SMILES string of the molecule is C[C@@H]1C[C@H](C)CC(C=NOCc2ccccc2)(C(=O)O)C1. The molecule has 0 bridgehead atoms. The first-order valence-electron chi connectivity index (χ1n) is 7.45. The fourth-order valence-corrected chi connectivity index (χ4v) is 3.34. The van der Waals surface area contributed by atoms with E-state index in [4.69, 9.17) is 4.84 Å². The quantitative estimate of drug-likeness (QED) is 0.664. The number of benzene rings is 1. The molecule has 1 aliphatic carbocycles. The minimum Gasteiger partial charge on any atom is -0.481 e. The highest BCUT2D eigenvalue weighted by Gasteiger charge is 2.43. The second-order valence-electron chi connectivity index (χ2n) is 6.31. The maximum atomic E-state index is 11.7. The summed E-state index contributed by atoms with van der Waals surface area (Å²) in [6.07, 6.45) is 3.84. The number of carboxylic acid groups (broad SMARTS) is 1. The van der Waals surface area contributed by atoms with Gasteiger partial charge in [0.05, 0.1) is 6.21 Å². The number of rotatable bonds is 5. The second kappa shape index (κ2) is 6.74. The van der Waals surface area contributed by atoms with Crippen molar-refractivity contribution >= 4 is 12.2 Å². The molecule has 0 radical (unpaired) electrons. The first-order chi connectivity index (χ1) is 10.0. The lowest BCUT2D eigenvalue weighted by molar-refractivity contribution is -0.147. The Morgan fingerprint density at radius 1 is 1.33 bits per heavy atom. The molecule has 0 aliphatic heterocycles. The molecule has 0 amide bonds. The molecular formula is C17H23NO3. The number of nitrogens with zero attached hydrogens (tertiary/aromatic N) is 1. The summed E-state index contributed by atoms with van der Waals surface area (Å²) in [7, 11) is 0. The van der Waals surface area contributed by atoms with Gasteiger partial charge in [-0.1, -0.05) is 49.3 Å². The Kier molecular flexibility index (Phi) is 4.99. The van der Waals surface area contributed by atoms with Gasteiger partial charge >= 0.3 is 5.97 Å². The highest BCUT2D eigenvalue weighted by molar-refractivity contribution is 5.94. The van der Waals surface area contributed by atoms with Crippen molar-refractivity contribution in [3.8, 4) is 0 Å². The standard InChI is InChI=1S/C17H23NO3/c1-13-8-14(2)10-17(9-13,16(19)20)12-18-21-11-15-6-4-3-5-7-15/h3-7,12-14H,8-11H2,1-2H3,(H,19,20)/t13-,14+,17?. The summed E-state index contributed by atoms with van der Waals surface area (Å²) >= 11 is 0. The van der Waals surface area contributed by atoms with Crippen LogP contribution in [-0.2, 0) is 16.2 Å². The van der Waals surface area contributed by atoms with Crippen molar-refractivity contribution in [1.29, 1.82) is 0 Å². The fraction of sp³-hybridized carbons (Fsp3) is 0.529. The summed E-state index contributed by atoms with van der Waals surface area (Å²) in [6, 6.07) is 9.72. The van der Waals surface area contributed by atoms with Crippen LogP contribution in [0, 0.1) is 17.3 Å². The van der Waals surface area contributed by atoms with Crippen LogP contribution in [0.15, 0.2) is 35.5 Å². The van der Waals surface area contributed by atoms with E-state index in [9.17, 15) is 9.90 Å². The highest BCUT2D eigenvalue weighted by Crippen LogP contribution is 2.41. The molecule has 1 N–H and O–H groups in total. The van der Waals surface area contributed by atoms with Crippen LogP contribution in [0.2, 0.25) is 0 Å². The summed E-state index contributed by atoms with van der Waals surface area (Å²) in [5, 5.41) is 13.5. The average Bonchev–Trinajstić information content (AvgIpc) is 2.43. The van der Waals surface area contributed by atoms with Crippen molar-refractivity contribution in [2.45, 2.75) is 39.7 Å². The van der Waals surface area contributed by atoms with E-state index in [1.807, 2.05) is 30.3 Å². The largest absolute Gasteiger partial charge is 0.481 e. The van der Waals surface area contributed by atoms with E-state index in [1.165, 1.54) is 6.21 Å². The summed E-state index contributed by atoms with van der Waals surface area (Å²) in [4.78, 5) is 17.0. The zero-order chi connectivity index (χ0) is 15.3. The van der Waals surface area contributed by atoms with Crippen molar-refractivity contribution in [2.75, 3.05) is 0 Å². The number of oxime groups is 1. The van der Waals surface area contributed by atoms with Crippen molar-refractivity contribution in [1.82, 2.24) is 0 Å². The maximum absolute atomic E-state index is 11.7. The topological polar surface area (TPSA) is 58.9 Å². The van der Waals surface area contributed by atoms with E-state index in [0.717, 1.165) is 12.0 Å². The van der Waals surface area contributed by atoms with Crippen LogP contribution in [0.5, 0.6) is 0 Å². The molecule has 1 unspecified atom stereocenters. The van der Waals surface area contributed by atoms with Gasteiger partial charge in [-0.2, -0.15) is 0 Å². The first kappa shape index (κ1) is 15.5. The summed E-state index contributed by atoms with van der Waals surface area (Å²) in [6.45, 7) is 4.57. The maximum Gasteiger partial charge on any atom is 0.315 e. The molecule has 1 aromatic carbocycles. The van der Waals surface area contributed by atoms with Gasteiger partial charge in [-0.3, -0.25) is 4.79 Å². The highest BCUT2D eigenvalue weighted by atomic mass is 16.6. The molecule has 0 spiro atoms. The molecule has 0 heterocycles. The second-order valence-corrected chi connectivity index (χ2v) is 6.31. The molecule has 21 heavy (non-hydrogen) atoms. The van der Waals surface area contributed by atoms with Gasteiger partial charge in [0, 0.05) is 0 Å². The fourth-order valence-electron chi connectivity index (χ4n) is 3.34. The molecule has 0 saturated heterocycles. The summed E-state index contributed by atoms with van der Waals surface area (Å²) in [5.41, 5.74) is 0.137. The molecule has 1 saturated carbocycles. The van der Waals surface area contributed by atoms with E-state index < -0.39 is 11.4 Å². The van der Waals surface area contributed by atoms with E-state index >= 15 is 0 Å². The van der Waals surface area contributed by atoms with E-state index in [-0.39, 0.29) is 0 Å². The monoisotopic (exact) mass is 289 g/mol. The van der Waals surface area contributed by atoms with Crippen LogP contribution in [0.3, 0.4) is 0 Å². The zero-order valence-electron chi connectivity index (χ0n) is 12.7. The minimum absolute atomic E-state index is 0.359. The molecule has 4 heteroatoms. The van der Waals surface area contributed by atoms with Crippen LogP contribution in [0.4, 0.5) is 0 Å². The van der Waals surface area contributed by atoms with Crippen molar-refractivity contribution in [3.63, 3.8) is 0 Å². The Balaban J connectivity index is 1.99. The Bertz CT molecular complexity index is 488. The molecule has 4 nitrogen and oxygen atoms in total. The average molecular weight is 289 g/mol. The van der Waals surface area contributed by atoms with Gasteiger partial charge in [-0.25, -0.2) is 0 Å². The minimum atomic E-state index is -0.881. The Labute approximate surface area is 125 Å². The number of carbonyl (C=O) groups is 1. The van der Waals surface area contributed by atoms with Crippen LogP contribution in [0.1, 0.15) is 38.7 Å². The van der Waals surface area contributed by atoms with Gasteiger partial charge < -0.3 is 9.94 Å². The van der Waals surface area contributed by atoms with Gasteiger partial charge in [0.25, 0.3) is 0 Å². The first-order valence-corrected chi connectivity index (χ1v) is 7.45. The lowest BCUT2D eigenvalue weighted by Crippen LogP contribution is -2.40. The lowest BCUT2D eigenvalue weighted by Gasteiger charge is -2.36. The molecule has 0 aromatic heterocycles. The molecule has 3 atom stereocenters. The number of carboxylic acids is 1. The van der Waals surface area contributed by atoms with Crippen molar-refractivity contribution in [3.05, 3.63) is 35.9 Å². The van der Waals surface area contributed by atoms with E-state index in [2.05, 4.69) is 19.0 Å².